The number of phenols is 1. The lowest BCUT2D eigenvalue weighted by Crippen LogP contribution is -2.74. The van der Waals surface area contributed by atoms with Gasteiger partial charge in [-0.15, -0.1) is 0 Å². The standard InChI is InChI=1S/C32H35N3O7/c1-34(2)26-21-14-18-13-20-19(17-7-5-16(6-8-17)15-35-11-3-4-12-35)9-10-22(36)24(20)27(37)23(18)29(39)32(21,42)30(40)25(28(26)38)31(33)41/h5-10,18,21,23,25-26,36,42H,3-4,11-15H2,1-2H3,(H2,33,41)/t18?,21?,23?,25?,26-,32-/m0/s1. The molecule has 1 saturated heterocycles. The third kappa shape index (κ3) is 4.15. The lowest BCUT2D eigenvalue weighted by molar-refractivity contribution is -0.181. The molecule has 1 aliphatic heterocycles. The van der Waals surface area contributed by atoms with Crippen LogP contribution in [0.25, 0.3) is 11.1 Å². The Morgan fingerprint density at radius 2 is 1.69 bits per heavy atom. The fourth-order valence-electron chi connectivity index (χ4n) is 7.86. The van der Waals surface area contributed by atoms with Crippen molar-refractivity contribution in [3.8, 4) is 16.9 Å². The molecule has 10 heteroatoms. The van der Waals surface area contributed by atoms with Crippen molar-refractivity contribution in [1.82, 2.24) is 9.80 Å². The number of ketones is 4. The minimum atomic E-state index is -2.73. The molecule has 1 heterocycles. The maximum absolute atomic E-state index is 14.0. The number of benzene rings is 2. The summed E-state index contributed by atoms with van der Waals surface area (Å²) in [6.07, 6.45) is 2.66. The number of primary amides is 1. The molecule has 1 amide bonds. The van der Waals surface area contributed by atoms with Crippen molar-refractivity contribution in [2.75, 3.05) is 27.2 Å². The number of aliphatic hydroxyl groups is 1. The maximum Gasteiger partial charge on any atom is 0.235 e. The predicted molar refractivity (Wildman–Crippen MR) is 151 cm³/mol. The summed E-state index contributed by atoms with van der Waals surface area (Å²) in [5.74, 6) is -10.4. The van der Waals surface area contributed by atoms with Gasteiger partial charge in [-0.2, -0.15) is 0 Å². The SMILES string of the molecule is CN(C)[C@@H]1C(=O)C(C(N)=O)C(=O)[C@@]2(O)C(=O)C3C(=O)c4c(O)ccc(-c5ccc(CN6CCCC6)cc5)c4CC3CC12. The second-order valence-electron chi connectivity index (χ2n) is 12.5. The van der Waals surface area contributed by atoms with Crippen LogP contribution in [0.4, 0.5) is 0 Å². The molecule has 220 valence electrons. The number of likely N-dealkylation sites (tertiary alicyclic amines) is 1. The highest BCUT2D eigenvalue weighted by Gasteiger charge is 2.69. The first kappa shape index (κ1) is 28.4. The van der Waals surface area contributed by atoms with Gasteiger partial charge in [0.05, 0.1) is 17.5 Å². The van der Waals surface area contributed by atoms with Gasteiger partial charge in [-0.25, -0.2) is 0 Å². The zero-order chi connectivity index (χ0) is 30.1. The number of rotatable bonds is 5. The van der Waals surface area contributed by atoms with E-state index < -0.39 is 64.4 Å². The second-order valence-corrected chi connectivity index (χ2v) is 12.5. The number of phenolic OH excluding ortho intramolecular Hbond substituents is 1. The van der Waals surface area contributed by atoms with Crippen LogP contribution in [0.1, 0.15) is 40.7 Å². The summed E-state index contributed by atoms with van der Waals surface area (Å²) in [7, 11) is 3.14. The fourth-order valence-corrected chi connectivity index (χ4v) is 7.86. The van der Waals surface area contributed by atoms with E-state index in [9.17, 15) is 34.2 Å². The lowest BCUT2D eigenvalue weighted by Gasteiger charge is -2.52. The maximum atomic E-state index is 14.0. The van der Waals surface area contributed by atoms with Gasteiger partial charge < -0.3 is 15.9 Å². The van der Waals surface area contributed by atoms with E-state index in [2.05, 4.69) is 17.0 Å². The second kappa shape index (κ2) is 10.2. The number of carbonyl (C=O) groups excluding carboxylic acids is 5. The Morgan fingerprint density at radius 1 is 1.02 bits per heavy atom. The Bertz CT molecular complexity index is 1510. The number of carbonyl (C=O) groups is 5. The van der Waals surface area contributed by atoms with E-state index in [-0.39, 0.29) is 24.2 Å². The molecule has 0 radical (unpaired) electrons. The molecule has 2 aromatic carbocycles. The van der Waals surface area contributed by atoms with E-state index in [4.69, 9.17) is 5.73 Å². The van der Waals surface area contributed by atoms with Gasteiger partial charge in [0.25, 0.3) is 0 Å². The van der Waals surface area contributed by atoms with Gasteiger partial charge in [-0.05, 0) is 87.1 Å². The van der Waals surface area contributed by atoms with Gasteiger partial charge >= 0.3 is 0 Å². The first-order chi connectivity index (χ1) is 19.9. The molecular weight excluding hydrogens is 538 g/mol. The number of Topliss-reactive ketones (excluding diaryl/α,β-unsaturated/α-hetero) is 4. The molecule has 0 spiro atoms. The monoisotopic (exact) mass is 573 g/mol. The van der Waals surface area contributed by atoms with Crippen LogP contribution >= 0.6 is 0 Å². The topological polar surface area (TPSA) is 158 Å². The number of nitrogens with zero attached hydrogens (tertiary/aromatic N) is 2. The molecule has 10 nitrogen and oxygen atoms in total. The van der Waals surface area contributed by atoms with Crippen LogP contribution in [-0.2, 0) is 32.1 Å². The van der Waals surface area contributed by atoms with Gasteiger partial charge in [-0.3, -0.25) is 33.8 Å². The lowest BCUT2D eigenvalue weighted by atomic mass is 9.52. The Morgan fingerprint density at radius 3 is 2.31 bits per heavy atom. The highest BCUT2D eigenvalue weighted by Crippen LogP contribution is 2.51. The zero-order valence-corrected chi connectivity index (χ0v) is 23.7. The number of nitrogens with two attached hydrogens (primary N) is 1. The van der Waals surface area contributed by atoms with Crippen LogP contribution < -0.4 is 5.73 Å². The third-order valence-corrected chi connectivity index (χ3v) is 9.81. The van der Waals surface area contributed by atoms with Crippen molar-refractivity contribution >= 4 is 29.0 Å². The van der Waals surface area contributed by atoms with Crippen molar-refractivity contribution in [3.05, 3.63) is 53.1 Å². The number of hydrogen-bond acceptors (Lipinski definition) is 9. The average Bonchev–Trinajstić information content (AvgIpc) is 3.44. The van der Waals surface area contributed by atoms with Crippen LogP contribution in [0.5, 0.6) is 5.75 Å². The first-order valence-corrected chi connectivity index (χ1v) is 14.5. The molecule has 0 aromatic heterocycles. The molecule has 3 fully saturated rings. The Hall–Kier alpha value is -3.73. The molecule has 42 heavy (non-hydrogen) atoms. The van der Waals surface area contributed by atoms with Crippen molar-refractivity contribution in [2.45, 2.75) is 43.9 Å². The predicted octanol–water partition coefficient (Wildman–Crippen LogP) is 1.13. The molecule has 4 unspecified atom stereocenters. The van der Waals surface area contributed by atoms with E-state index in [0.717, 1.165) is 30.8 Å². The highest BCUT2D eigenvalue weighted by atomic mass is 16.3. The summed E-state index contributed by atoms with van der Waals surface area (Å²) in [5, 5.41) is 22.5. The summed E-state index contributed by atoms with van der Waals surface area (Å²) in [5.41, 5.74) is 6.04. The van der Waals surface area contributed by atoms with Crippen LogP contribution in [0.2, 0.25) is 0 Å². The molecule has 2 saturated carbocycles. The van der Waals surface area contributed by atoms with E-state index in [1.165, 1.54) is 29.4 Å². The van der Waals surface area contributed by atoms with Gasteiger partial charge in [0, 0.05) is 12.5 Å². The first-order valence-electron chi connectivity index (χ1n) is 14.5. The van der Waals surface area contributed by atoms with Crippen molar-refractivity contribution in [3.63, 3.8) is 0 Å². The number of amides is 1. The van der Waals surface area contributed by atoms with E-state index in [1.807, 2.05) is 12.1 Å². The fraction of sp³-hybridized carbons (Fsp3) is 0.469. The molecule has 6 atom stereocenters. The molecular formula is C32H35N3O7. The summed E-state index contributed by atoms with van der Waals surface area (Å²) >= 11 is 0. The normalized spacial score (nSPS) is 31.2. The van der Waals surface area contributed by atoms with E-state index >= 15 is 0 Å². The van der Waals surface area contributed by atoms with E-state index in [1.54, 1.807) is 20.2 Å². The van der Waals surface area contributed by atoms with Crippen molar-refractivity contribution in [1.29, 1.82) is 0 Å². The largest absolute Gasteiger partial charge is 0.507 e. The number of fused-ring (bicyclic) bond motifs is 3. The molecule has 0 bridgehead atoms. The smallest absolute Gasteiger partial charge is 0.235 e. The summed E-state index contributed by atoms with van der Waals surface area (Å²) in [6.45, 7) is 3.04. The Kier molecular flexibility index (Phi) is 6.91. The Balaban J connectivity index is 1.39. The average molecular weight is 574 g/mol. The van der Waals surface area contributed by atoms with Gasteiger partial charge in [0.15, 0.2) is 34.7 Å². The summed E-state index contributed by atoms with van der Waals surface area (Å²) in [4.78, 5) is 70.6. The minimum Gasteiger partial charge on any atom is -0.507 e. The van der Waals surface area contributed by atoms with Crippen molar-refractivity contribution < 1.29 is 34.2 Å². The third-order valence-electron chi connectivity index (χ3n) is 9.81. The number of hydrogen-bond donors (Lipinski definition) is 3. The molecule has 6 rings (SSSR count). The van der Waals surface area contributed by atoms with Crippen molar-refractivity contribution in [2.24, 2.45) is 29.4 Å². The Labute approximate surface area is 243 Å². The zero-order valence-electron chi connectivity index (χ0n) is 23.7. The summed E-state index contributed by atoms with van der Waals surface area (Å²) < 4.78 is 0. The van der Waals surface area contributed by atoms with Crippen LogP contribution in [0.15, 0.2) is 36.4 Å². The van der Waals surface area contributed by atoms with Gasteiger partial charge in [0.2, 0.25) is 5.91 Å². The molecule has 4 aliphatic rings. The molecule has 2 aromatic rings. The highest BCUT2D eigenvalue weighted by molar-refractivity contribution is 6.32. The van der Waals surface area contributed by atoms with Crippen LogP contribution in [0.3, 0.4) is 0 Å². The quantitative estimate of drug-likeness (QED) is 0.446. The van der Waals surface area contributed by atoms with Gasteiger partial charge in [0.1, 0.15) is 5.75 Å². The number of aromatic hydroxyl groups is 1. The number of likely N-dealkylation sites (N-methyl/N-ethyl adjacent to an activating group) is 1. The van der Waals surface area contributed by atoms with E-state index in [0.29, 0.717) is 5.56 Å². The summed E-state index contributed by atoms with van der Waals surface area (Å²) in [6, 6.07) is 10.1. The molecule has 3 aliphatic carbocycles. The van der Waals surface area contributed by atoms with Gasteiger partial charge in [-0.1, -0.05) is 30.3 Å². The molecule has 4 N–H and O–H groups in total. The van der Waals surface area contributed by atoms with Crippen LogP contribution in [0, 0.1) is 23.7 Å². The minimum absolute atomic E-state index is 0.000221. The van der Waals surface area contributed by atoms with Crippen LogP contribution in [-0.4, -0.2) is 87.9 Å².